The van der Waals surface area contributed by atoms with E-state index in [-0.39, 0.29) is 18.1 Å². The van der Waals surface area contributed by atoms with Gasteiger partial charge in [-0.3, -0.25) is 4.79 Å². The lowest BCUT2D eigenvalue weighted by Crippen LogP contribution is -2.16. The average molecular weight is 459 g/mol. The number of thiophene rings is 1. The van der Waals surface area contributed by atoms with E-state index in [2.05, 4.69) is 10.4 Å². The number of rotatable bonds is 6. The highest BCUT2D eigenvalue weighted by molar-refractivity contribution is 7.58. The minimum absolute atomic E-state index is 0.164. The number of benzene rings is 2. The third-order valence-corrected chi connectivity index (χ3v) is 7.80. The van der Waals surface area contributed by atoms with Crippen LogP contribution in [0.5, 0.6) is 0 Å². The molecular weight excluding hydrogens is 433 g/mol. The first-order chi connectivity index (χ1) is 14.8. The molecule has 2 atom stereocenters. The maximum atomic E-state index is 12.7. The molecule has 1 aromatic heterocycles. The van der Waals surface area contributed by atoms with Crippen molar-refractivity contribution in [2.24, 2.45) is 0 Å². The molecule has 0 bridgehead atoms. The Morgan fingerprint density at radius 1 is 1.13 bits per heavy atom. The SMILES string of the molecule is C[C@H]1O[P+](O)(NCc2ccc(C(=O)Nc3cc(-c4cccs4)ccc3N)cc2)O[C@@H]1C. The molecule has 162 valence electrons. The molecule has 4 rings (SSSR count). The van der Waals surface area contributed by atoms with Crippen molar-refractivity contribution in [1.82, 2.24) is 5.09 Å². The van der Waals surface area contributed by atoms with E-state index < -0.39 is 8.09 Å². The molecule has 1 aliphatic rings. The van der Waals surface area contributed by atoms with Crippen molar-refractivity contribution >= 4 is 36.7 Å². The second-order valence-electron chi connectivity index (χ2n) is 7.41. The van der Waals surface area contributed by atoms with E-state index in [0.29, 0.717) is 23.5 Å². The molecule has 0 saturated carbocycles. The molecule has 1 fully saturated rings. The smallest absolute Gasteiger partial charge is 0.397 e. The summed E-state index contributed by atoms with van der Waals surface area (Å²) < 4.78 is 11.0. The lowest BCUT2D eigenvalue weighted by Gasteiger charge is -2.12. The second-order valence-corrected chi connectivity index (χ2v) is 10.1. The van der Waals surface area contributed by atoms with Crippen LogP contribution in [-0.2, 0) is 15.6 Å². The van der Waals surface area contributed by atoms with E-state index >= 15 is 0 Å². The van der Waals surface area contributed by atoms with Crippen LogP contribution in [0, 0.1) is 0 Å². The average Bonchev–Trinajstić information content (AvgIpc) is 3.37. The molecule has 1 amide bonds. The molecule has 0 radical (unpaired) electrons. The standard InChI is InChI=1S/C22H24N3O4PS/c1-14-15(2)29-30(27,28-14)24-13-16-5-7-17(8-6-16)22(26)25-20-12-18(9-10-19(20)23)21-4-3-11-31-21/h3-12,14-15,24,27H,13,23H2,1-2H3/p+1/t14-,15-/m1/s1. The maximum Gasteiger partial charge on any atom is 0.500 e. The number of hydrogen-bond acceptors (Lipinski definition) is 7. The van der Waals surface area contributed by atoms with E-state index in [1.54, 1.807) is 29.5 Å². The van der Waals surface area contributed by atoms with Gasteiger partial charge in [0, 0.05) is 10.4 Å². The van der Waals surface area contributed by atoms with Crippen LogP contribution in [0.1, 0.15) is 29.8 Å². The normalized spacial score (nSPS) is 20.0. The van der Waals surface area contributed by atoms with Gasteiger partial charge in [-0.25, -0.2) is 0 Å². The van der Waals surface area contributed by atoms with Gasteiger partial charge in [0.05, 0.1) is 17.9 Å². The number of nitrogen functional groups attached to an aromatic ring is 1. The largest absolute Gasteiger partial charge is 0.500 e. The minimum Gasteiger partial charge on any atom is -0.397 e. The fourth-order valence-electron chi connectivity index (χ4n) is 3.14. The van der Waals surface area contributed by atoms with E-state index in [0.717, 1.165) is 16.0 Å². The van der Waals surface area contributed by atoms with E-state index in [4.69, 9.17) is 14.8 Å². The van der Waals surface area contributed by atoms with Gasteiger partial charge in [-0.05, 0) is 60.7 Å². The van der Waals surface area contributed by atoms with Gasteiger partial charge in [0.1, 0.15) is 12.2 Å². The Morgan fingerprint density at radius 2 is 1.84 bits per heavy atom. The van der Waals surface area contributed by atoms with Crippen molar-refractivity contribution in [3.63, 3.8) is 0 Å². The summed E-state index contributed by atoms with van der Waals surface area (Å²) >= 11 is 1.63. The summed E-state index contributed by atoms with van der Waals surface area (Å²) in [6, 6.07) is 16.7. The third-order valence-electron chi connectivity index (χ3n) is 5.09. The summed E-state index contributed by atoms with van der Waals surface area (Å²) in [5.74, 6) is -0.245. The molecule has 1 saturated heterocycles. The van der Waals surface area contributed by atoms with Crippen LogP contribution in [0.25, 0.3) is 10.4 Å². The Bertz CT molecular complexity index is 1050. The van der Waals surface area contributed by atoms with Crippen LogP contribution in [0.2, 0.25) is 0 Å². The van der Waals surface area contributed by atoms with Crippen molar-refractivity contribution in [3.05, 3.63) is 71.1 Å². The molecule has 2 heterocycles. The van der Waals surface area contributed by atoms with Gasteiger partial charge in [-0.2, -0.15) is 13.9 Å². The fourth-order valence-corrected chi connectivity index (χ4v) is 5.69. The highest BCUT2D eigenvalue weighted by Gasteiger charge is 2.53. The number of hydrogen-bond donors (Lipinski definition) is 4. The molecule has 0 unspecified atom stereocenters. The maximum absolute atomic E-state index is 12.7. The molecule has 3 aromatic rings. The molecule has 2 aromatic carbocycles. The summed E-state index contributed by atoms with van der Waals surface area (Å²) in [6.45, 7) is 4.09. The van der Waals surface area contributed by atoms with Gasteiger partial charge < -0.3 is 11.1 Å². The van der Waals surface area contributed by atoms with Crippen molar-refractivity contribution in [1.29, 1.82) is 0 Å². The van der Waals surface area contributed by atoms with Crippen molar-refractivity contribution in [3.8, 4) is 10.4 Å². The van der Waals surface area contributed by atoms with E-state index in [1.165, 1.54) is 0 Å². The summed E-state index contributed by atoms with van der Waals surface area (Å²) in [4.78, 5) is 24.2. The number of nitrogens with one attached hydrogen (secondary N) is 2. The van der Waals surface area contributed by atoms with Crippen LogP contribution in [-0.4, -0.2) is 23.0 Å². The fraction of sp³-hybridized carbons (Fsp3) is 0.227. The molecule has 0 spiro atoms. The van der Waals surface area contributed by atoms with Gasteiger partial charge in [-0.1, -0.05) is 24.3 Å². The Labute approximate surface area is 185 Å². The Hall–Kier alpha value is -2.32. The van der Waals surface area contributed by atoms with Crippen LogP contribution < -0.4 is 16.1 Å². The van der Waals surface area contributed by atoms with Gasteiger partial charge in [0.25, 0.3) is 5.91 Å². The molecule has 1 aliphatic heterocycles. The molecule has 31 heavy (non-hydrogen) atoms. The highest BCUT2D eigenvalue weighted by atomic mass is 32.1. The number of nitrogens with two attached hydrogens (primary N) is 1. The first-order valence-corrected chi connectivity index (χ1v) is 12.4. The number of amides is 1. The van der Waals surface area contributed by atoms with Crippen LogP contribution in [0.15, 0.2) is 60.0 Å². The zero-order valence-electron chi connectivity index (χ0n) is 17.2. The summed E-state index contributed by atoms with van der Waals surface area (Å²) in [5, 5.41) is 7.86. The van der Waals surface area contributed by atoms with Crippen molar-refractivity contribution in [2.75, 3.05) is 11.1 Å². The zero-order valence-corrected chi connectivity index (χ0v) is 19.0. The van der Waals surface area contributed by atoms with Gasteiger partial charge in [0.2, 0.25) is 0 Å². The minimum atomic E-state index is -3.05. The summed E-state index contributed by atoms with van der Waals surface area (Å²) in [7, 11) is -3.05. The Balaban J connectivity index is 1.39. The summed E-state index contributed by atoms with van der Waals surface area (Å²) in [6.07, 6.45) is -0.328. The van der Waals surface area contributed by atoms with Crippen LogP contribution in [0.3, 0.4) is 0 Å². The third kappa shape index (κ3) is 5.13. The second kappa shape index (κ2) is 9.04. The quantitative estimate of drug-likeness (QED) is 0.311. The van der Waals surface area contributed by atoms with Crippen LogP contribution >= 0.6 is 19.4 Å². The van der Waals surface area contributed by atoms with Gasteiger partial charge in [-0.15, -0.1) is 16.4 Å². The monoisotopic (exact) mass is 458 g/mol. The first kappa shape index (κ1) is 21.9. The van der Waals surface area contributed by atoms with E-state index in [9.17, 15) is 9.69 Å². The van der Waals surface area contributed by atoms with E-state index in [1.807, 2.05) is 55.6 Å². The highest BCUT2D eigenvalue weighted by Crippen LogP contribution is 2.60. The Kier molecular flexibility index (Phi) is 6.39. The number of anilines is 2. The number of carbonyl (C=O) groups excluding carboxylic acids is 1. The Morgan fingerprint density at radius 3 is 2.48 bits per heavy atom. The van der Waals surface area contributed by atoms with Crippen LogP contribution in [0.4, 0.5) is 11.4 Å². The number of carbonyl (C=O) groups is 1. The topological polar surface area (TPSA) is 106 Å². The first-order valence-electron chi connectivity index (χ1n) is 9.90. The predicted octanol–water partition coefficient (Wildman–Crippen LogP) is 4.83. The molecule has 5 N–H and O–H groups in total. The molecule has 9 heteroatoms. The molecule has 0 aliphatic carbocycles. The van der Waals surface area contributed by atoms with Crippen molar-refractivity contribution < 1.29 is 18.7 Å². The van der Waals surface area contributed by atoms with Crippen molar-refractivity contribution in [2.45, 2.75) is 32.6 Å². The zero-order chi connectivity index (χ0) is 22.0. The lowest BCUT2D eigenvalue weighted by atomic mass is 10.1. The lowest BCUT2D eigenvalue weighted by molar-refractivity contribution is 0.102. The molecular formula is C22H25N3O4PS+. The van der Waals surface area contributed by atoms with Gasteiger partial charge >= 0.3 is 8.09 Å². The molecule has 7 nitrogen and oxygen atoms in total. The van der Waals surface area contributed by atoms with Gasteiger partial charge in [0.15, 0.2) is 0 Å². The predicted molar refractivity (Wildman–Crippen MR) is 126 cm³/mol. The summed E-state index contributed by atoms with van der Waals surface area (Å²) in [5.41, 5.74) is 9.55.